The molecule has 3 rings (SSSR count). The lowest BCUT2D eigenvalue weighted by molar-refractivity contribution is -0.124. The number of benzene rings is 2. The third-order valence-electron chi connectivity index (χ3n) is 4.49. The normalized spacial score (nSPS) is 15.0. The van der Waals surface area contributed by atoms with Gasteiger partial charge in [0.25, 0.3) is 5.91 Å². The lowest BCUT2D eigenvalue weighted by Gasteiger charge is -2.22. The number of amides is 1. The van der Waals surface area contributed by atoms with Gasteiger partial charge in [0.1, 0.15) is 5.75 Å². The van der Waals surface area contributed by atoms with Gasteiger partial charge in [-0.3, -0.25) is 9.79 Å². The van der Waals surface area contributed by atoms with Crippen molar-refractivity contribution in [3.05, 3.63) is 58.1 Å². The Labute approximate surface area is 169 Å². The standard InChI is InChI=1S/C21H22Cl2N2O2/c22-19-11-8-17(12-20(19)23)24-13-15-6-9-18(10-7-15)27-14-21(26)25-16-4-2-1-3-5-16/h6-13,16H,1-5,14H2,(H,25,26). The van der Waals surface area contributed by atoms with E-state index in [0.717, 1.165) is 24.1 Å². The lowest BCUT2D eigenvalue weighted by Crippen LogP contribution is -2.38. The third kappa shape index (κ3) is 6.26. The van der Waals surface area contributed by atoms with Gasteiger partial charge in [-0.2, -0.15) is 0 Å². The summed E-state index contributed by atoms with van der Waals surface area (Å²) in [5.41, 5.74) is 1.64. The minimum atomic E-state index is -0.0628. The summed E-state index contributed by atoms with van der Waals surface area (Å²) in [7, 11) is 0. The van der Waals surface area contributed by atoms with Gasteiger partial charge < -0.3 is 10.1 Å². The molecule has 1 amide bonds. The van der Waals surface area contributed by atoms with Crippen LogP contribution < -0.4 is 10.1 Å². The van der Waals surface area contributed by atoms with E-state index in [4.69, 9.17) is 27.9 Å². The van der Waals surface area contributed by atoms with E-state index in [1.807, 2.05) is 24.3 Å². The van der Waals surface area contributed by atoms with Crippen LogP contribution in [0.2, 0.25) is 10.0 Å². The van der Waals surface area contributed by atoms with Gasteiger partial charge >= 0.3 is 0 Å². The zero-order chi connectivity index (χ0) is 19.1. The second-order valence-electron chi connectivity index (χ2n) is 6.62. The van der Waals surface area contributed by atoms with E-state index in [2.05, 4.69) is 10.3 Å². The predicted octanol–water partition coefficient (Wildman–Crippen LogP) is 5.57. The number of rotatable bonds is 6. The van der Waals surface area contributed by atoms with Crippen molar-refractivity contribution in [1.82, 2.24) is 5.32 Å². The quantitative estimate of drug-likeness (QED) is 0.639. The first kappa shape index (κ1) is 19.7. The molecule has 1 saturated carbocycles. The maximum absolute atomic E-state index is 12.0. The molecule has 0 aliphatic heterocycles. The monoisotopic (exact) mass is 404 g/mol. The van der Waals surface area contributed by atoms with Crippen LogP contribution >= 0.6 is 23.2 Å². The fourth-order valence-corrected chi connectivity index (χ4v) is 3.32. The molecule has 0 heterocycles. The molecule has 4 nitrogen and oxygen atoms in total. The van der Waals surface area contributed by atoms with Crippen molar-refractivity contribution in [1.29, 1.82) is 0 Å². The number of nitrogens with one attached hydrogen (secondary N) is 1. The zero-order valence-electron chi connectivity index (χ0n) is 15.0. The highest BCUT2D eigenvalue weighted by atomic mass is 35.5. The van der Waals surface area contributed by atoms with Crippen molar-refractivity contribution in [2.75, 3.05) is 6.61 Å². The number of hydrogen-bond acceptors (Lipinski definition) is 3. The molecule has 0 radical (unpaired) electrons. The maximum Gasteiger partial charge on any atom is 0.258 e. The lowest BCUT2D eigenvalue weighted by atomic mass is 9.95. The van der Waals surface area contributed by atoms with Gasteiger partial charge in [-0.15, -0.1) is 0 Å². The summed E-state index contributed by atoms with van der Waals surface area (Å²) >= 11 is 11.9. The number of nitrogens with zero attached hydrogens (tertiary/aromatic N) is 1. The Hall–Kier alpha value is -2.04. The second kappa shape index (κ2) is 9.77. The Bertz CT molecular complexity index is 800. The molecule has 1 aliphatic rings. The molecule has 0 bridgehead atoms. The van der Waals surface area contributed by atoms with E-state index in [-0.39, 0.29) is 12.5 Å². The van der Waals surface area contributed by atoms with Crippen LogP contribution in [0, 0.1) is 0 Å². The number of hydrogen-bond donors (Lipinski definition) is 1. The predicted molar refractivity (Wildman–Crippen MR) is 111 cm³/mol. The van der Waals surface area contributed by atoms with E-state index in [9.17, 15) is 4.79 Å². The van der Waals surface area contributed by atoms with E-state index in [1.54, 1.807) is 24.4 Å². The molecule has 0 aromatic heterocycles. The van der Waals surface area contributed by atoms with E-state index >= 15 is 0 Å². The Morgan fingerprint density at radius 2 is 1.81 bits per heavy atom. The molecule has 0 atom stereocenters. The van der Waals surface area contributed by atoms with Crippen LogP contribution in [0.25, 0.3) is 0 Å². The number of ether oxygens (including phenoxy) is 1. The summed E-state index contributed by atoms with van der Waals surface area (Å²) in [4.78, 5) is 16.4. The first-order chi connectivity index (χ1) is 13.1. The second-order valence-corrected chi connectivity index (χ2v) is 7.43. The van der Waals surface area contributed by atoms with Crippen LogP contribution in [0.15, 0.2) is 47.5 Å². The Morgan fingerprint density at radius 1 is 1.07 bits per heavy atom. The van der Waals surface area contributed by atoms with Crippen molar-refractivity contribution in [2.24, 2.45) is 4.99 Å². The minimum absolute atomic E-state index is 0.0349. The van der Waals surface area contributed by atoms with Crippen molar-refractivity contribution >= 4 is 41.0 Å². The molecule has 1 N–H and O–H groups in total. The van der Waals surface area contributed by atoms with Gasteiger partial charge in [0.05, 0.1) is 15.7 Å². The topological polar surface area (TPSA) is 50.7 Å². The molecule has 6 heteroatoms. The summed E-state index contributed by atoms with van der Waals surface area (Å²) in [5.74, 6) is 0.590. The first-order valence-electron chi connectivity index (χ1n) is 9.11. The summed E-state index contributed by atoms with van der Waals surface area (Å²) in [6, 6.07) is 12.9. The molecule has 2 aromatic carbocycles. The smallest absolute Gasteiger partial charge is 0.258 e. The van der Waals surface area contributed by atoms with Gasteiger partial charge in [0.15, 0.2) is 6.61 Å². The highest BCUT2D eigenvalue weighted by Crippen LogP contribution is 2.26. The molecular formula is C21H22Cl2N2O2. The minimum Gasteiger partial charge on any atom is -0.484 e. The van der Waals surface area contributed by atoms with Crippen molar-refractivity contribution in [2.45, 2.75) is 38.1 Å². The van der Waals surface area contributed by atoms with Gasteiger partial charge in [0.2, 0.25) is 0 Å². The average Bonchev–Trinajstić information content (AvgIpc) is 2.69. The van der Waals surface area contributed by atoms with Gasteiger partial charge in [-0.05, 0) is 60.9 Å². The molecule has 27 heavy (non-hydrogen) atoms. The third-order valence-corrected chi connectivity index (χ3v) is 5.23. The Morgan fingerprint density at radius 3 is 2.52 bits per heavy atom. The first-order valence-corrected chi connectivity index (χ1v) is 9.87. The summed E-state index contributed by atoms with van der Waals surface area (Å²) in [5, 5.41) is 4.02. The summed E-state index contributed by atoms with van der Waals surface area (Å²) in [6.07, 6.45) is 7.52. The van der Waals surface area contributed by atoms with Crippen LogP contribution in [0.5, 0.6) is 5.75 Å². The van der Waals surface area contributed by atoms with Crippen molar-refractivity contribution in [3.8, 4) is 5.75 Å². The average molecular weight is 405 g/mol. The van der Waals surface area contributed by atoms with Crippen LogP contribution in [-0.4, -0.2) is 24.8 Å². The molecule has 1 fully saturated rings. The molecule has 142 valence electrons. The Balaban J connectivity index is 1.48. The fourth-order valence-electron chi connectivity index (χ4n) is 3.03. The molecule has 2 aromatic rings. The highest BCUT2D eigenvalue weighted by molar-refractivity contribution is 6.42. The van der Waals surface area contributed by atoms with Crippen LogP contribution in [-0.2, 0) is 4.79 Å². The fraction of sp³-hybridized carbons (Fsp3) is 0.333. The van der Waals surface area contributed by atoms with Crippen LogP contribution in [0.4, 0.5) is 5.69 Å². The Kier molecular flexibility index (Phi) is 7.13. The van der Waals surface area contributed by atoms with Gasteiger partial charge in [-0.25, -0.2) is 0 Å². The van der Waals surface area contributed by atoms with E-state index in [0.29, 0.717) is 21.8 Å². The van der Waals surface area contributed by atoms with E-state index in [1.165, 1.54) is 19.3 Å². The molecular weight excluding hydrogens is 383 g/mol. The van der Waals surface area contributed by atoms with Crippen LogP contribution in [0.3, 0.4) is 0 Å². The van der Waals surface area contributed by atoms with Crippen LogP contribution in [0.1, 0.15) is 37.7 Å². The molecule has 0 unspecified atom stereocenters. The summed E-state index contributed by atoms with van der Waals surface area (Å²) < 4.78 is 5.57. The number of aliphatic imine (C=N–C) groups is 1. The van der Waals surface area contributed by atoms with Gasteiger partial charge in [0, 0.05) is 12.3 Å². The SMILES string of the molecule is O=C(COc1ccc(C=Nc2ccc(Cl)c(Cl)c2)cc1)NC1CCCCC1. The number of carbonyl (C=O) groups is 1. The number of carbonyl (C=O) groups excluding carboxylic acids is 1. The largest absolute Gasteiger partial charge is 0.484 e. The van der Waals surface area contributed by atoms with Gasteiger partial charge in [-0.1, -0.05) is 42.5 Å². The molecule has 0 spiro atoms. The highest BCUT2D eigenvalue weighted by Gasteiger charge is 2.15. The summed E-state index contributed by atoms with van der Waals surface area (Å²) in [6.45, 7) is 0.0349. The van der Waals surface area contributed by atoms with Crippen molar-refractivity contribution < 1.29 is 9.53 Å². The van der Waals surface area contributed by atoms with E-state index < -0.39 is 0 Å². The maximum atomic E-state index is 12.0. The van der Waals surface area contributed by atoms with Crippen molar-refractivity contribution in [3.63, 3.8) is 0 Å². The zero-order valence-corrected chi connectivity index (χ0v) is 16.5. The molecule has 0 saturated heterocycles. The molecule has 1 aliphatic carbocycles. The number of halogens is 2.